The third-order valence-electron chi connectivity index (χ3n) is 4.92. The molecule has 0 bridgehead atoms. The second-order valence-electron chi connectivity index (χ2n) is 6.99. The first-order chi connectivity index (χ1) is 12.2. The van der Waals surface area contributed by atoms with E-state index in [2.05, 4.69) is 18.8 Å². The molecule has 0 aromatic carbocycles. The van der Waals surface area contributed by atoms with Crippen LogP contribution in [0.2, 0.25) is 0 Å². The van der Waals surface area contributed by atoms with Gasteiger partial charge in [-0.05, 0) is 12.0 Å². The van der Waals surface area contributed by atoms with Gasteiger partial charge in [0, 0.05) is 23.6 Å². The Kier molecular flexibility index (Phi) is 9.36. The molecule has 5 heteroatoms. The molecule has 2 unspecified atom stereocenters. The summed E-state index contributed by atoms with van der Waals surface area (Å²) >= 11 is 12.0. The lowest BCUT2D eigenvalue weighted by Gasteiger charge is -2.32. The number of pyridine rings is 1. The molecule has 0 saturated heterocycles. The minimum absolute atomic E-state index is 0.220. The van der Waals surface area contributed by atoms with Crippen LogP contribution in [-0.2, 0) is 23.1 Å². The molecule has 142 valence electrons. The molecule has 2 atom stereocenters. The van der Waals surface area contributed by atoms with Crippen LogP contribution in [0.4, 0.5) is 0 Å². The van der Waals surface area contributed by atoms with Crippen LogP contribution in [0.3, 0.4) is 0 Å². The number of ether oxygens (including phenoxy) is 2. The van der Waals surface area contributed by atoms with Crippen LogP contribution in [0.1, 0.15) is 82.0 Å². The third kappa shape index (κ3) is 6.01. The van der Waals surface area contributed by atoms with E-state index in [-0.39, 0.29) is 6.29 Å². The molecule has 1 aromatic rings. The fourth-order valence-electron chi connectivity index (χ4n) is 3.28. The number of fused-ring (bicyclic) bond motifs is 1. The Bertz CT molecular complexity index is 525. The summed E-state index contributed by atoms with van der Waals surface area (Å²) in [6.45, 7) is 4.98. The van der Waals surface area contributed by atoms with Gasteiger partial charge in [-0.25, -0.2) is 0 Å². The molecule has 0 spiro atoms. The minimum Gasteiger partial charge on any atom is -0.462 e. The van der Waals surface area contributed by atoms with Crippen LogP contribution >= 0.6 is 23.2 Å². The van der Waals surface area contributed by atoms with Crippen molar-refractivity contribution in [3.05, 3.63) is 23.0 Å². The van der Waals surface area contributed by atoms with Crippen LogP contribution in [0.5, 0.6) is 5.75 Å². The fraction of sp³-hybridized carbons (Fsp3) is 0.750. The van der Waals surface area contributed by atoms with Gasteiger partial charge >= 0.3 is 0 Å². The lowest BCUT2D eigenvalue weighted by atomic mass is 10.00. The summed E-state index contributed by atoms with van der Waals surface area (Å²) in [6.07, 6.45) is 11.9. The maximum absolute atomic E-state index is 6.14. The van der Waals surface area contributed by atoms with Crippen molar-refractivity contribution in [3.8, 4) is 5.75 Å². The summed E-state index contributed by atoms with van der Waals surface area (Å²) in [4.78, 5) is 4.39. The van der Waals surface area contributed by atoms with Gasteiger partial charge < -0.3 is 9.47 Å². The number of rotatable bonds is 11. The SMILES string of the molecule is CCCCCCCCCC(C)C1OCc2c(CCl)cnc(CCl)c2O1. The number of alkyl halides is 2. The molecular formula is C20H31Cl2NO2. The molecule has 1 aliphatic heterocycles. The molecule has 25 heavy (non-hydrogen) atoms. The summed E-state index contributed by atoms with van der Waals surface area (Å²) in [5, 5.41) is 0. The molecule has 0 aliphatic carbocycles. The quantitative estimate of drug-likeness (QED) is 0.317. The average Bonchev–Trinajstić information content (AvgIpc) is 2.65. The molecule has 0 radical (unpaired) electrons. The lowest BCUT2D eigenvalue weighted by Crippen LogP contribution is -2.33. The van der Waals surface area contributed by atoms with Gasteiger partial charge in [-0.2, -0.15) is 0 Å². The highest BCUT2D eigenvalue weighted by Gasteiger charge is 2.29. The Morgan fingerprint density at radius 2 is 1.84 bits per heavy atom. The van der Waals surface area contributed by atoms with Crippen LogP contribution in [-0.4, -0.2) is 11.3 Å². The second-order valence-corrected chi connectivity index (χ2v) is 7.52. The molecular weight excluding hydrogens is 357 g/mol. The first-order valence-corrected chi connectivity index (χ1v) is 10.7. The number of nitrogens with zero attached hydrogens (tertiary/aromatic N) is 1. The Morgan fingerprint density at radius 3 is 2.52 bits per heavy atom. The molecule has 0 fully saturated rings. The number of halogens is 2. The first kappa shape index (κ1) is 20.8. The number of aromatic nitrogens is 1. The van der Waals surface area contributed by atoms with E-state index in [1.165, 1.54) is 44.9 Å². The highest BCUT2D eigenvalue weighted by molar-refractivity contribution is 6.17. The summed E-state index contributed by atoms with van der Waals surface area (Å²) in [5.41, 5.74) is 2.74. The average molecular weight is 388 g/mol. The van der Waals surface area contributed by atoms with Crippen molar-refractivity contribution < 1.29 is 9.47 Å². The van der Waals surface area contributed by atoms with Crippen molar-refractivity contribution in [1.29, 1.82) is 0 Å². The first-order valence-electron chi connectivity index (χ1n) is 9.61. The van der Waals surface area contributed by atoms with Gasteiger partial charge in [0.15, 0.2) is 5.75 Å². The van der Waals surface area contributed by atoms with E-state index < -0.39 is 0 Å². The standard InChI is InChI=1S/C20H31Cl2NO2/c1-3-4-5-6-7-8-9-10-15(2)20-24-14-17-16(11-21)13-23-18(12-22)19(17)25-20/h13,15,20H,3-12,14H2,1-2H3. The molecule has 1 aliphatic rings. The maximum atomic E-state index is 6.14. The largest absolute Gasteiger partial charge is 0.462 e. The molecule has 0 N–H and O–H groups in total. The second kappa shape index (κ2) is 11.3. The van der Waals surface area contributed by atoms with Gasteiger partial charge in [-0.1, -0.05) is 58.8 Å². The minimum atomic E-state index is -0.220. The van der Waals surface area contributed by atoms with Crippen LogP contribution in [0.15, 0.2) is 6.20 Å². The smallest absolute Gasteiger partial charge is 0.202 e. The molecule has 2 heterocycles. The zero-order valence-electron chi connectivity index (χ0n) is 15.5. The molecule has 3 nitrogen and oxygen atoms in total. The van der Waals surface area contributed by atoms with Crippen LogP contribution in [0, 0.1) is 5.92 Å². The highest BCUT2D eigenvalue weighted by Crippen LogP contribution is 2.35. The van der Waals surface area contributed by atoms with Gasteiger partial charge in [0.25, 0.3) is 0 Å². The Labute approximate surface area is 162 Å². The van der Waals surface area contributed by atoms with E-state index in [1.54, 1.807) is 6.20 Å². The van der Waals surface area contributed by atoms with E-state index in [4.69, 9.17) is 32.7 Å². The van der Waals surface area contributed by atoms with Crippen molar-refractivity contribution in [3.63, 3.8) is 0 Å². The number of hydrogen-bond donors (Lipinski definition) is 0. The highest BCUT2D eigenvalue weighted by atomic mass is 35.5. The molecule has 1 aromatic heterocycles. The number of unbranched alkanes of at least 4 members (excludes halogenated alkanes) is 6. The Balaban J connectivity index is 1.83. The van der Waals surface area contributed by atoms with Crippen molar-refractivity contribution in [2.45, 2.75) is 89.9 Å². The Hall–Kier alpha value is -0.510. The fourth-order valence-corrected chi connectivity index (χ4v) is 3.70. The van der Waals surface area contributed by atoms with E-state index in [0.29, 0.717) is 24.3 Å². The van der Waals surface area contributed by atoms with E-state index >= 15 is 0 Å². The molecule has 0 amide bonds. The van der Waals surface area contributed by atoms with E-state index in [1.807, 2.05) is 0 Å². The van der Waals surface area contributed by atoms with Gasteiger partial charge in [0.1, 0.15) is 0 Å². The normalized spacial score (nSPS) is 17.8. The predicted octanol–water partition coefficient (Wildman–Crippen LogP) is 6.57. The third-order valence-corrected chi connectivity index (χ3v) is 5.47. The maximum Gasteiger partial charge on any atom is 0.202 e. The summed E-state index contributed by atoms with van der Waals surface area (Å²) < 4.78 is 12.1. The molecule has 2 rings (SSSR count). The topological polar surface area (TPSA) is 31.4 Å². The van der Waals surface area contributed by atoms with E-state index in [0.717, 1.165) is 29.0 Å². The summed E-state index contributed by atoms with van der Waals surface area (Å²) in [7, 11) is 0. The summed E-state index contributed by atoms with van der Waals surface area (Å²) in [6, 6.07) is 0. The van der Waals surface area contributed by atoms with Crippen molar-refractivity contribution >= 4 is 23.2 Å². The molecule has 0 saturated carbocycles. The van der Waals surface area contributed by atoms with Gasteiger partial charge in [-0.15, -0.1) is 23.2 Å². The van der Waals surface area contributed by atoms with Crippen LogP contribution in [0.25, 0.3) is 0 Å². The summed E-state index contributed by atoms with van der Waals surface area (Å²) in [5.74, 6) is 1.88. The lowest BCUT2D eigenvalue weighted by molar-refractivity contribution is -0.139. The monoisotopic (exact) mass is 387 g/mol. The van der Waals surface area contributed by atoms with Gasteiger partial charge in [0.05, 0.1) is 18.2 Å². The van der Waals surface area contributed by atoms with Gasteiger partial charge in [0.2, 0.25) is 6.29 Å². The van der Waals surface area contributed by atoms with Crippen molar-refractivity contribution in [1.82, 2.24) is 4.98 Å². The van der Waals surface area contributed by atoms with Crippen LogP contribution < -0.4 is 4.74 Å². The van der Waals surface area contributed by atoms with Crippen molar-refractivity contribution in [2.24, 2.45) is 5.92 Å². The predicted molar refractivity (Wildman–Crippen MR) is 104 cm³/mol. The zero-order valence-corrected chi connectivity index (χ0v) is 17.0. The van der Waals surface area contributed by atoms with Gasteiger partial charge in [-0.3, -0.25) is 4.98 Å². The number of hydrogen-bond acceptors (Lipinski definition) is 3. The van der Waals surface area contributed by atoms with Crippen molar-refractivity contribution in [2.75, 3.05) is 0 Å². The Morgan fingerprint density at radius 1 is 1.12 bits per heavy atom. The zero-order chi connectivity index (χ0) is 18.1. The van der Waals surface area contributed by atoms with E-state index in [9.17, 15) is 0 Å².